The van der Waals surface area contributed by atoms with E-state index in [-0.39, 0.29) is 0 Å². The summed E-state index contributed by atoms with van der Waals surface area (Å²) in [6.45, 7) is 0. The molecule has 78 valence electrons. The third-order valence-corrected chi connectivity index (χ3v) is 2.59. The molecule has 0 unspecified atom stereocenters. The number of hydrogen-bond acceptors (Lipinski definition) is 3. The van der Waals surface area contributed by atoms with Crippen LogP contribution in [0.1, 0.15) is 5.56 Å². The van der Waals surface area contributed by atoms with Crippen LogP contribution in [0, 0.1) is 0 Å². The van der Waals surface area contributed by atoms with E-state index >= 15 is 0 Å². The van der Waals surface area contributed by atoms with Gasteiger partial charge in [0.15, 0.2) is 0 Å². The number of benzene rings is 1. The van der Waals surface area contributed by atoms with E-state index in [1.54, 1.807) is 0 Å². The second kappa shape index (κ2) is 4.02. The molecule has 0 saturated carbocycles. The summed E-state index contributed by atoms with van der Waals surface area (Å²) in [6, 6.07) is 7.00. The summed E-state index contributed by atoms with van der Waals surface area (Å²) in [5.41, 5.74) is 0.966. The van der Waals surface area contributed by atoms with Crippen LogP contribution in [0.25, 0.3) is 0 Å². The summed E-state index contributed by atoms with van der Waals surface area (Å²) in [5.74, 6) is -0.514. The van der Waals surface area contributed by atoms with Crippen molar-refractivity contribution in [1.29, 1.82) is 0 Å². The van der Waals surface area contributed by atoms with Crippen LogP contribution in [0.4, 0.5) is 4.79 Å². The van der Waals surface area contributed by atoms with Crippen LogP contribution in [0.3, 0.4) is 0 Å². The molecule has 4 nitrogen and oxygen atoms in total. The molecule has 1 aromatic rings. The smallest absolute Gasteiger partial charge is 0.375 e. The first kappa shape index (κ1) is 10.2. The minimum atomic E-state index is -0.667. The van der Waals surface area contributed by atoms with Gasteiger partial charge in [0.2, 0.25) is 0 Å². The maximum Gasteiger partial charge on any atom is 0.415 e. The zero-order chi connectivity index (χ0) is 10.8. The first-order valence-electron chi connectivity index (χ1n) is 4.42. The van der Waals surface area contributed by atoms with Gasteiger partial charge in [-0.15, -0.1) is 0 Å². The van der Waals surface area contributed by atoms with Crippen molar-refractivity contribution in [2.24, 2.45) is 0 Å². The van der Waals surface area contributed by atoms with Gasteiger partial charge in [-0.2, -0.15) is 0 Å². The summed E-state index contributed by atoms with van der Waals surface area (Å²) in [5, 5.41) is 2.45. The van der Waals surface area contributed by atoms with Gasteiger partial charge in [-0.05, 0) is 17.7 Å². The quantitative estimate of drug-likeness (QED) is 0.656. The molecule has 1 N–H and O–H groups in total. The molecule has 1 amide bonds. The molecule has 1 aliphatic heterocycles. The van der Waals surface area contributed by atoms with Crippen LogP contribution >= 0.6 is 15.9 Å². The highest BCUT2D eigenvalue weighted by atomic mass is 79.9. The molecule has 1 fully saturated rings. The molecule has 1 atom stereocenters. The van der Waals surface area contributed by atoms with Gasteiger partial charge in [-0.25, -0.2) is 9.59 Å². The van der Waals surface area contributed by atoms with Crippen molar-refractivity contribution in [3.8, 4) is 0 Å². The lowest BCUT2D eigenvalue weighted by molar-refractivity contribution is -0.135. The van der Waals surface area contributed by atoms with Crippen LogP contribution in [-0.2, 0) is 16.0 Å². The van der Waals surface area contributed by atoms with E-state index in [1.807, 2.05) is 24.3 Å². The van der Waals surface area contributed by atoms with Gasteiger partial charge in [0.1, 0.15) is 6.04 Å². The van der Waals surface area contributed by atoms with E-state index in [0.717, 1.165) is 10.0 Å². The Morgan fingerprint density at radius 2 is 2.20 bits per heavy atom. The number of amides is 1. The molecule has 0 bridgehead atoms. The van der Waals surface area contributed by atoms with Gasteiger partial charge < -0.3 is 10.1 Å². The monoisotopic (exact) mass is 269 g/mol. The second-order valence-corrected chi connectivity index (χ2v) is 4.16. The van der Waals surface area contributed by atoms with E-state index in [0.29, 0.717) is 6.42 Å². The molecule has 0 aliphatic carbocycles. The first-order valence-corrected chi connectivity index (χ1v) is 5.21. The van der Waals surface area contributed by atoms with Gasteiger partial charge in [0.05, 0.1) is 0 Å². The minimum absolute atomic E-state index is 0.448. The number of rotatable bonds is 2. The van der Waals surface area contributed by atoms with Gasteiger partial charge in [0, 0.05) is 10.9 Å². The van der Waals surface area contributed by atoms with E-state index in [1.165, 1.54) is 0 Å². The summed E-state index contributed by atoms with van der Waals surface area (Å²) in [4.78, 5) is 21.9. The fourth-order valence-electron chi connectivity index (χ4n) is 1.43. The summed E-state index contributed by atoms with van der Waals surface area (Å²) in [7, 11) is 0. The Morgan fingerprint density at radius 1 is 1.40 bits per heavy atom. The lowest BCUT2D eigenvalue weighted by Crippen LogP contribution is -2.30. The molecule has 1 saturated heterocycles. The largest absolute Gasteiger partial charge is 0.415 e. The van der Waals surface area contributed by atoms with Crippen molar-refractivity contribution in [3.05, 3.63) is 34.3 Å². The number of cyclic esters (lactones) is 2. The molecule has 15 heavy (non-hydrogen) atoms. The first-order chi connectivity index (χ1) is 7.15. The standard InChI is InChI=1S/C10H8BrNO3/c11-7-3-1-2-6(4-7)5-8-9(13)15-10(14)12-8/h1-4,8H,5H2,(H,12,14)/t8-/m1/s1. The average molecular weight is 270 g/mol. The molecule has 0 aromatic heterocycles. The molecule has 1 aliphatic rings. The molecule has 0 spiro atoms. The Balaban J connectivity index is 2.09. The van der Waals surface area contributed by atoms with Crippen molar-refractivity contribution in [3.63, 3.8) is 0 Å². The fourth-order valence-corrected chi connectivity index (χ4v) is 1.87. The average Bonchev–Trinajstić information content (AvgIpc) is 2.45. The Kier molecular flexibility index (Phi) is 2.73. The van der Waals surface area contributed by atoms with Crippen LogP contribution in [0.15, 0.2) is 28.7 Å². The minimum Gasteiger partial charge on any atom is -0.375 e. The van der Waals surface area contributed by atoms with Crippen LogP contribution in [0.2, 0.25) is 0 Å². The number of nitrogens with one attached hydrogen (secondary N) is 1. The highest BCUT2D eigenvalue weighted by molar-refractivity contribution is 9.10. The third-order valence-electron chi connectivity index (χ3n) is 2.10. The van der Waals surface area contributed by atoms with Crippen molar-refractivity contribution < 1.29 is 14.3 Å². The summed E-state index contributed by atoms with van der Waals surface area (Å²) >= 11 is 3.33. The SMILES string of the molecule is O=C1N[C@H](Cc2cccc(Br)c2)C(=O)O1. The molecular formula is C10H8BrNO3. The predicted octanol–water partition coefficient (Wildman–Crippen LogP) is 1.63. The highest BCUT2D eigenvalue weighted by Crippen LogP contribution is 2.14. The van der Waals surface area contributed by atoms with E-state index in [9.17, 15) is 9.59 Å². The normalized spacial score (nSPS) is 19.9. The lowest BCUT2D eigenvalue weighted by atomic mass is 10.1. The number of halogens is 1. The van der Waals surface area contributed by atoms with Crippen LogP contribution in [0.5, 0.6) is 0 Å². The predicted molar refractivity (Wildman–Crippen MR) is 56.3 cm³/mol. The Labute approximate surface area is 94.7 Å². The number of ether oxygens (including phenoxy) is 1. The second-order valence-electron chi connectivity index (χ2n) is 3.24. The lowest BCUT2D eigenvalue weighted by Gasteiger charge is -2.05. The van der Waals surface area contributed by atoms with Crippen LogP contribution in [-0.4, -0.2) is 18.1 Å². The maximum absolute atomic E-state index is 11.2. The fraction of sp³-hybridized carbons (Fsp3) is 0.200. The van der Waals surface area contributed by atoms with E-state index < -0.39 is 18.1 Å². The number of hydrogen-bond donors (Lipinski definition) is 1. The summed E-state index contributed by atoms with van der Waals surface area (Å²) in [6.07, 6.45) is -0.218. The Hall–Kier alpha value is -1.36. The van der Waals surface area contributed by atoms with Gasteiger partial charge in [0.25, 0.3) is 0 Å². The van der Waals surface area contributed by atoms with Crippen molar-refractivity contribution in [2.45, 2.75) is 12.5 Å². The van der Waals surface area contributed by atoms with Gasteiger partial charge in [-0.3, -0.25) is 0 Å². The molecule has 1 aromatic carbocycles. The molecule has 0 radical (unpaired) electrons. The van der Waals surface area contributed by atoms with Gasteiger partial charge in [-0.1, -0.05) is 28.1 Å². The van der Waals surface area contributed by atoms with Gasteiger partial charge >= 0.3 is 12.1 Å². The zero-order valence-corrected chi connectivity index (χ0v) is 9.28. The molecule has 2 rings (SSSR count). The topological polar surface area (TPSA) is 55.4 Å². The zero-order valence-electron chi connectivity index (χ0n) is 7.70. The third kappa shape index (κ3) is 2.36. The Morgan fingerprint density at radius 3 is 2.80 bits per heavy atom. The molecular weight excluding hydrogens is 262 g/mol. The van der Waals surface area contributed by atoms with Crippen molar-refractivity contribution in [1.82, 2.24) is 5.32 Å². The highest BCUT2D eigenvalue weighted by Gasteiger charge is 2.32. The van der Waals surface area contributed by atoms with Crippen molar-refractivity contribution >= 4 is 28.0 Å². The summed E-state index contributed by atoms with van der Waals surface area (Å²) < 4.78 is 5.32. The van der Waals surface area contributed by atoms with Crippen LogP contribution < -0.4 is 5.32 Å². The van der Waals surface area contributed by atoms with E-state index in [4.69, 9.17) is 0 Å². The number of alkyl carbamates (subject to hydrolysis) is 1. The number of carbonyl (C=O) groups is 2. The maximum atomic E-state index is 11.2. The number of esters is 1. The Bertz CT molecular complexity index is 419. The van der Waals surface area contributed by atoms with Crippen molar-refractivity contribution in [2.75, 3.05) is 0 Å². The number of carbonyl (C=O) groups excluding carboxylic acids is 2. The van der Waals surface area contributed by atoms with E-state index in [2.05, 4.69) is 26.0 Å². The molecule has 1 heterocycles. The molecule has 5 heteroatoms.